The van der Waals surface area contributed by atoms with E-state index < -0.39 is 0 Å². The second kappa shape index (κ2) is 9.11. The second-order valence-electron chi connectivity index (χ2n) is 10.0. The highest BCUT2D eigenvalue weighted by atomic mass is 14.9. The van der Waals surface area contributed by atoms with Gasteiger partial charge in [-0.15, -0.1) is 0 Å². The lowest BCUT2D eigenvalue weighted by Gasteiger charge is -2.14. The van der Waals surface area contributed by atoms with Crippen LogP contribution in [0.1, 0.15) is 0 Å². The molecule has 8 rings (SSSR count). The molecule has 2 aromatic heterocycles. The van der Waals surface area contributed by atoms with Gasteiger partial charge in [0.25, 0.3) is 0 Å². The maximum atomic E-state index is 5.17. The van der Waals surface area contributed by atoms with Crippen molar-refractivity contribution in [1.29, 1.82) is 0 Å². The molecular formula is C37H23N3. The summed E-state index contributed by atoms with van der Waals surface area (Å²) >= 11 is 0. The summed E-state index contributed by atoms with van der Waals surface area (Å²) in [7, 11) is 0. The van der Waals surface area contributed by atoms with Crippen LogP contribution in [0.15, 0.2) is 140 Å². The van der Waals surface area contributed by atoms with E-state index in [0.29, 0.717) is 0 Å². The minimum atomic E-state index is 0.730. The predicted molar refractivity (Wildman–Crippen MR) is 166 cm³/mol. The molecule has 0 aliphatic carbocycles. The van der Waals surface area contributed by atoms with E-state index in [1.165, 1.54) is 11.1 Å². The number of benzene rings is 6. The largest absolute Gasteiger partial charge is 0.247 e. The first kappa shape index (κ1) is 22.6. The summed E-state index contributed by atoms with van der Waals surface area (Å²) in [6.45, 7) is 0. The van der Waals surface area contributed by atoms with E-state index in [4.69, 9.17) is 15.0 Å². The lowest BCUT2D eigenvalue weighted by molar-refractivity contribution is 1.23. The summed E-state index contributed by atoms with van der Waals surface area (Å²) in [6, 6.07) is 48.5. The van der Waals surface area contributed by atoms with Gasteiger partial charge < -0.3 is 0 Å². The van der Waals surface area contributed by atoms with Crippen LogP contribution in [0.3, 0.4) is 0 Å². The first-order valence-electron chi connectivity index (χ1n) is 13.5. The molecule has 0 amide bonds. The maximum Gasteiger partial charge on any atom is 0.160 e. The summed E-state index contributed by atoms with van der Waals surface area (Å²) in [5, 5.41) is 5.63. The number of para-hydroxylation sites is 2. The lowest BCUT2D eigenvalue weighted by atomic mass is 9.93. The van der Waals surface area contributed by atoms with E-state index in [9.17, 15) is 0 Å². The van der Waals surface area contributed by atoms with Gasteiger partial charge in [0.2, 0.25) is 0 Å². The van der Waals surface area contributed by atoms with Gasteiger partial charge in [0.1, 0.15) is 0 Å². The summed E-state index contributed by atoms with van der Waals surface area (Å²) in [4.78, 5) is 15.1. The van der Waals surface area contributed by atoms with Crippen LogP contribution in [0.2, 0.25) is 0 Å². The summed E-state index contributed by atoms with van der Waals surface area (Å²) in [5.41, 5.74) is 8.37. The van der Waals surface area contributed by atoms with Crippen molar-refractivity contribution in [3.8, 4) is 33.8 Å². The van der Waals surface area contributed by atoms with Crippen LogP contribution in [-0.4, -0.2) is 15.0 Å². The Balaban J connectivity index is 1.38. The molecule has 0 fully saturated rings. The van der Waals surface area contributed by atoms with Crippen molar-refractivity contribution in [2.75, 3.05) is 0 Å². The average molecular weight is 510 g/mol. The van der Waals surface area contributed by atoms with Crippen LogP contribution >= 0.6 is 0 Å². The quantitative estimate of drug-likeness (QED) is 0.176. The topological polar surface area (TPSA) is 38.7 Å². The highest BCUT2D eigenvalue weighted by Crippen LogP contribution is 2.39. The molecule has 0 spiro atoms. The fourth-order valence-corrected chi connectivity index (χ4v) is 5.76. The average Bonchev–Trinajstić information content (AvgIpc) is 3.03. The number of hydrogen-bond donors (Lipinski definition) is 0. The minimum absolute atomic E-state index is 0.730. The van der Waals surface area contributed by atoms with E-state index in [0.717, 1.165) is 66.1 Å². The molecule has 2 heterocycles. The SMILES string of the molecule is c1ccc(-c2nc(-c3ccc4c(ccc5c(-c6ccccc6)c6ccccc6nc54)c3)c3ccccc3n2)cc1. The fourth-order valence-electron chi connectivity index (χ4n) is 5.76. The molecule has 186 valence electrons. The van der Waals surface area contributed by atoms with Gasteiger partial charge in [-0.1, -0.05) is 121 Å². The highest BCUT2D eigenvalue weighted by molar-refractivity contribution is 6.17. The Hall–Kier alpha value is -5.41. The summed E-state index contributed by atoms with van der Waals surface area (Å²) < 4.78 is 0. The molecule has 0 bridgehead atoms. The van der Waals surface area contributed by atoms with Gasteiger partial charge >= 0.3 is 0 Å². The van der Waals surface area contributed by atoms with E-state index >= 15 is 0 Å². The first-order valence-corrected chi connectivity index (χ1v) is 13.5. The molecule has 40 heavy (non-hydrogen) atoms. The smallest absolute Gasteiger partial charge is 0.160 e. The van der Waals surface area contributed by atoms with Gasteiger partial charge in [-0.05, 0) is 29.1 Å². The van der Waals surface area contributed by atoms with Crippen LogP contribution in [0.4, 0.5) is 0 Å². The minimum Gasteiger partial charge on any atom is -0.247 e. The zero-order chi connectivity index (χ0) is 26.5. The molecular weight excluding hydrogens is 486 g/mol. The molecule has 0 N–H and O–H groups in total. The predicted octanol–water partition coefficient (Wildman–Crippen LogP) is 9.49. The maximum absolute atomic E-state index is 5.17. The van der Waals surface area contributed by atoms with E-state index in [-0.39, 0.29) is 0 Å². The van der Waals surface area contributed by atoms with Crippen molar-refractivity contribution in [1.82, 2.24) is 15.0 Å². The van der Waals surface area contributed by atoms with Crippen LogP contribution in [0.25, 0.3) is 77.3 Å². The normalized spacial score (nSPS) is 11.5. The molecule has 6 aromatic carbocycles. The Labute approximate surface area is 231 Å². The van der Waals surface area contributed by atoms with Crippen molar-refractivity contribution >= 4 is 43.5 Å². The van der Waals surface area contributed by atoms with Crippen LogP contribution in [-0.2, 0) is 0 Å². The van der Waals surface area contributed by atoms with E-state index in [2.05, 4.69) is 109 Å². The monoisotopic (exact) mass is 509 g/mol. The van der Waals surface area contributed by atoms with Gasteiger partial charge in [-0.25, -0.2) is 15.0 Å². The van der Waals surface area contributed by atoms with Crippen LogP contribution < -0.4 is 0 Å². The standard InChI is InChI=1S/C37H23N3/c1-3-11-24(12-4-1)34-29-15-7-9-17-32(29)38-36-28-21-20-27(23-26(28)19-22-31(34)36)35-30-16-8-10-18-33(30)39-37(40-35)25-13-5-2-6-14-25/h1-23H. The van der Waals surface area contributed by atoms with Crippen molar-refractivity contribution < 1.29 is 0 Å². The summed E-state index contributed by atoms with van der Waals surface area (Å²) in [6.07, 6.45) is 0. The molecule has 8 aromatic rings. The molecule has 0 saturated heterocycles. The lowest BCUT2D eigenvalue weighted by Crippen LogP contribution is -1.95. The molecule has 3 heteroatoms. The Kier molecular flexibility index (Phi) is 5.14. The molecule has 0 aliphatic heterocycles. The number of fused-ring (bicyclic) bond motifs is 5. The van der Waals surface area contributed by atoms with Crippen molar-refractivity contribution in [2.24, 2.45) is 0 Å². The number of nitrogens with zero attached hydrogens (tertiary/aromatic N) is 3. The first-order chi connectivity index (χ1) is 19.8. The number of aromatic nitrogens is 3. The highest BCUT2D eigenvalue weighted by Gasteiger charge is 2.15. The molecule has 0 saturated carbocycles. The van der Waals surface area contributed by atoms with Gasteiger partial charge in [-0.2, -0.15) is 0 Å². The molecule has 0 unspecified atom stereocenters. The van der Waals surface area contributed by atoms with Crippen LogP contribution in [0.5, 0.6) is 0 Å². The third-order valence-corrected chi connectivity index (χ3v) is 7.64. The van der Waals surface area contributed by atoms with Gasteiger partial charge in [0, 0.05) is 38.2 Å². The van der Waals surface area contributed by atoms with Gasteiger partial charge in [-0.3, -0.25) is 0 Å². The van der Waals surface area contributed by atoms with Crippen molar-refractivity contribution in [3.63, 3.8) is 0 Å². The van der Waals surface area contributed by atoms with E-state index in [1.54, 1.807) is 0 Å². The third-order valence-electron chi connectivity index (χ3n) is 7.64. The van der Waals surface area contributed by atoms with Crippen molar-refractivity contribution in [3.05, 3.63) is 140 Å². The summed E-state index contributed by atoms with van der Waals surface area (Å²) in [5.74, 6) is 0.730. The van der Waals surface area contributed by atoms with Crippen LogP contribution in [0, 0.1) is 0 Å². The third kappa shape index (κ3) is 3.63. The van der Waals surface area contributed by atoms with E-state index in [1.807, 2.05) is 30.3 Å². The molecule has 0 aliphatic rings. The fraction of sp³-hybridized carbons (Fsp3) is 0. The molecule has 0 radical (unpaired) electrons. The zero-order valence-electron chi connectivity index (χ0n) is 21.6. The zero-order valence-corrected chi connectivity index (χ0v) is 21.6. The Bertz CT molecular complexity index is 2200. The van der Waals surface area contributed by atoms with Crippen molar-refractivity contribution in [2.45, 2.75) is 0 Å². The second-order valence-corrected chi connectivity index (χ2v) is 10.0. The Morgan fingerprint density at radius 3 is 1.77 bits per heavy atom. The van der Waals surface area contributed by atoms with Gasteiger partial charge in [0.05, 0.1) is 22.2 Å². The molecule has 0 atom stereocenters. The number of hydrogen-bond acceptors (Lipinski definition) is 3. The Morgan fingerprint density at radius 2 is 1.00 bits per heavy atom. The number of pyridine rings is 1. The Morgan fingerprint density at radius 1 is 0.375 bits per heavy atom. The number of rotatable bonds is 3. The van der Waals surface area contributed by atoms with Gasteiger partial charge in [0.15, 0.2) is 5.82 Å². The molecule has 3 nitrogen and oxygen atoms in total.